The topological polar surface area (TPSA) is 82.6 Å². The number of amides is 1. The predicted octanol–water partition coefficient (Wildman–Crippen LogP) is 3.88. The van der Waals surface area contributed by atoms with Gasteiger partial charge < -0.3 is 9.80 Å². The van der Waals surface area contributed by atoms with E-state index in [1.807, 2.05) is 29.2 Å². The SMILES string of the molecule is O=C(CCc1csc(NS(=O)(=O)c2ccccc2)n1)N1CCN(c2ccccc2Cl)CC1. The summed E-state index contributed by atoms with van der Waals surface area (Å²) in [7, 11) is -3.67. The number of benzene rings is 2. The second-order valence-corrected chi connectivity index (χ2v) is 10.3. The maximum atomic E-state index is 12.6. The molecule has 2 aromatic carbocycles. The van der Waals surface area contributed by atoms with E-state index in [-0.39, 0.29) is 10.8 Å². The van der Waals surface area contributed by atoms with E-state index in [2.05, 4.69) is 14.6 Å². The van der Waals surface area contributed by atoms with Crippen LogP contribution < -0.4 is 9.62 Å². The third-order valence-corrected chi connectivity index (χ3v) is 7.86. The van der Waals surface area contributed by atoms with E-state index in [4.69, 9.17) is 11.6 Å². The highest BCUT2D eigenvalue weighted by Crippen LogP contribution is 2.26. The molecule has 168 valence electrons. The van der Waals surface area contributed by atoms with Gasteiger partial charge in [0.25, 0.3) is 10.0 Å². The number of aromatic nitrogens is 1. The van der Waals surface area contributed by atoms with Crippen molar-refractivity contribution in [2.75, 3.05) is 35.8 Å². The van der Waals surface area contributed by atoms with Gasteiger partial charge in [-0.05, 0) is 30.7 Å². The maximum Gasteiger partial charge on any atom is 0.263 e. The van der Waals surface area contributed by atoms with E-state index < -0.39 is 10.0 Å². The molecule has 0 bridgehead atoms. The number of carbonyl (C=O) groups excluding carboxylic acids is 1. The molecule has 1 amide bonds. The van der Waals surface area contributed by atoms with Crippen LogP contribution in [0.15, 0.2) is 64.9 Å². The Morgan fingerprint density at radius 2 is 1.72 bits per heavy atom. The zero-order chi connectivity index (χ0) is 22.6. The van der Waals surface area contributed by atoms with Crippen molar-refractivity contribution in [1.29, 1.82) is 0 Å². The molecule has 0 spiro atoms. The van der Waals surface area contributed by atoms with Crippen LogP contribution in [0.1, 0.15) is 12.1 Å². The van der Waals surface area contributed by atoms with Crippen LogP contribution in [0.3, 0.4) is 0 Å². The molecule has 3 aromatic rings. The average molecular weight is 491 g/mol. The summed E-state index contributed by atoms with van der Waals surface area (Å²) < 4.78 is 27.3. The predicted molar refractivity (Wildman–Crippen MR) is 128 cm³/mol. The van der Waals surface area contributed by atoms with Crippen LogP contribution in [0.5, 0.6) is 0 Å². The van der Waals surface area contributed by atoms with E-state index in [1.165, 1.54) is 23.5 Å². The van der Waals surface area contributed by atoms with Gasteiger partial charge in [-0.2, -0.15) is 0 Å². The highest BCUT2D eigenvalue weighted by atomic mass is 35.5. The van der Waals surface area contributed by atoms with Crippen LogP contribution in [-0.4, -0.2) is 50.4 Å². The Balaban J connectivity index is 1.27. The minimum Gasteiger partial charge on any atom is -0.367 e. The maximum absolute atomic E-state index is 12.6. The summed E-state index contributed by atoms with van der Waals surface area (Å²) in [6, 6.07) is 15.9. The summed E-state index contributed by atoms with van der Waals surface area (Å²) >= 11 is 7.49. The highest BCUT2D eigenvalue weighted by molar-refractivity contribution is 7.93. The van der Waals surface area contributed by atoms with Crippen LogP contribution >= 0.6 is 22.9 Å². The lowest BCUT2D eigenvalue weighted by molar-refractivity contribution is -0.131. The smallest absolute Gasteiger partial charge is 0.263 e. The molecule has 1 aromatic heterocycles. The van der Waals surface area contributed by atoms with Crippen molar-refractivity contribution in [2.24, 2.45) is 0 Å². The molecule has 4 rings (SSSR count). The highest BCUT2D eigenvalue weighted by Gasteiger charge is 2.22. The van der Waals surface area contributed by atoms with Gasteiger partial charge >= 0.3 is 0 Å². The minimum atomic E-state index is -3.67. The lowest BCUT2D eigenvalue weighted by Crippen LogP contribution is -2.48. The van der Waals surface area contributed by atoms with Crippen LogP contribution in [0, 0.1) is 0 Å². The molecule has 1 fully saturated rings. The van der Waals surface area contributed by atoms with Crippen LogP contribution in [0.4, 0.5) is 10.8 Å². The largest absolute Gasteiger partial charge is 0.367 e. The molecule has 0 unspecified atom stereocenters. The summed E-state index contributed by atoms with van der Waals surface area (Å²) in [6.07, 6.45) is 0.799. The summed E-state index contributed by atoms with van der Waals surface area (Å²) in [5, 5.41) is 2.80. The van der Waals surface area contributed by atoms with Gasteiger partial charge in [0.2, 0.25) is 5.91 Å². The number of aryl methyl sites for hydroxylation is 1. The normalized spacial score (nSPS) is 14.4. The van der Waals surface area contributed by atoms with Crippen LogP contribution in [-0.2, 0) is 21.2 Å². The number of halogens is 1. The summed E-state index contributed by atoms with van der Waals surface area (Å²) in [4.78, 5) is 21.2. The van der Waals surface area contributed by atoms with Crippen molar-refractivity contribution in [3.05, 3.63) is 70.7 Å². The Hall–Kier alpha value is -2.62. The van der Waals surface area contributed by atoms with Crippen molar-refractivity contribution in [1.82, 2.24) is 9.88 Å². The standard InChI is InChI=1S/C22H23ClN4O3S2/c23-19-8-4-5-9-20(19)26-12-14-27(15-13-26)21(28)11-10-17-16-31-22(24-17)25-32(29,30)18-6-2-1-3-7-18/h1-9,16H,10-15H2,(H,24,25). The van der Waals surface area contributed by atoms with Crippen molar-refractivity contribution in [3.8, 4) is 0 Å². The number of sulfonamides is 1. The Bertz CT molecular complexity index is 1180. The van der Waals surface area contributed by atoms with Gasteiger partial charge in [-0.3, -0.25) is 9.52 Å². The molecule has 1 aliphatic heterocycles. The number of carbonyl (C=O) groups is 1. The van der Waals surface area contributed by atoms with Gasteiger partial charge in [0.1, 0.15) is 0 Å². The molecule has 2 heterocycles. The van der Waals surface area contributed by atoms with Crippen molar-refractivity contribution >= 4 is 49.7 Å². The number of piperazine rings is 1. The fourth-order valence-corrected chi connectivity index (χ4v) is 5.81. The van der Waals surface area contributed by atoms with Gasteiger partial charge in [0.15, 0.2) is 5.13 Å². The van der Waals surface area contributed by atoms with E-state index in [0.29, 0.717) is 36.8 Å². The molecule has 0 atom stereocenters. The number of anilines is 2. The van der Waals surface area contributed by atoms with E-state index >= 15 is 0 Å². The number of thiazole rings is 1. The number of rotatable bonds is 7. The molecule has 1 saturated heterocycles. The molecule has 0 saturated carbocycles. The van der Waals surface area contributed by atoms with E-state index in [9.17, 15) is 13.2 Å². The molecule has 0 aliphatic carbocycles. The summed E-state index contributed by atoms with van der Waals surface area (Å²) in [6.45, 7) is 2.75. The third kappa shape index (κ3) is 5.40. The zero-order valence-corrected chi connectivity index (χ0v) is 19.7. The molecular weight excluding hydrogens is 468 g/mol. The second-order valence-electron chi connectivity index (χ2n) is 7.38. The van der Waals surface area contributed by atoms with Crippen molar-refractivity contribution in [3.63, 3.8) is 0 Å². The van der Waals surface area contributed by atoms with Gasteiger partial charge in [-0.15, -0.1) is 11.3 Å². The summed E-state index contributed by atoms with van der Waals surface area (Å²) in [5.41, 5.74) is 1.69. The fourth-order valence-electron chi connectivity index (χ4n) is 3.54. The number of hydrogen-bond donors (Lipinski definition) is 1. The van der Waals surface area contributed by atoms with E-state index in [0.717, 1.165) is 23.8 Å². The Morgan fingerprint density at radius 3 is 2.44 bits per heavy atom. The van der Waals surface area contributed by atoms with Gasteiger partial charge in [0, 0.05) is 38.0 Å². The number of para-hydroxylation sites is 1. The van der Waals surface area contributed by atoms with Crippen LogP contribution in [0.25, 0.3) is 0 Å². The molecule has 1 aliphatic rings. The monoisotopic (exact) mass is 490 g/mol. The molecule has 32 heavy (non-hydrogen) atoms. The lowest BCUT2D eigenvalue weighted by atomic mass is 10.2. The number of nitrogens with zero attached hydrogens (tertiary/aromatic N) is 3. The van der Waals surface area contributed by atoms with Crippen molar-refractivity contribution in [2.45, 2.75) is 17.7 Å². The van der Waals surface area contributed by atoms with Gasteiger partial charge in [-0.25, -0.2) is 13.4 Å². The zero-order valence-electron chi connectivity index (χ0n) is 17.3. The van der Waals surface area contributed by atoms with Gasteiger partial charge in [-0.1, -0.05) is 41.9 Å². The average Bonchev–Trinajstić information content (AvgIpc) is 3.25. The Labute approximate surface area is 196 Å². The molecule has 0 radical (unpaired) electrons. The van der Waals surface area contributed by atoms with Crippen LogP contribution in [0.2, 0.25) is 5.02 Å². The second kappa shape index (κ2) is 9.89. The molecule has 10 heteroatoms. The Kier molecular flexibility index (Phi) is 6.98. The first-order valence-corrected chi connectivity index (χ1v) is 13.0. The number of hydrogen-bond acceptors (Lipinski definition) is 6. The minimum absolute atomic E-state index is 0.0724. The lowest BCUT2D eigenvalue weighted by Gasteiger charge is -2.36. The number of nitrogens with one attached hydrogen (secondary N) is 1. The van der Waals surface area contributed by atoms with Gasteiger partial charge in [0.05, 0.1) is 21.3 Å². The molecule has 7 nitrogen and oxygen atoms in total. The fraction of sp³-hybridized carbons (Fsp3) is 0.273. The summed E-state index contributed by atoms with van der Waals surface area (Å²) in [5.74, 6) is 0.0724. The first-order chi connectivity index (χ1) is 15.4. The Morgan fingerprint density at radius 1 is 1.03 bits per heavy atom. The first kappa shape index (κ1) is 22.6. The molecule has 1 N–H and O–H groups in total. The quantitative estimate of drug-likeness (QED) is 0.543. The third-order valence-electron chi connectivity index (χ3n) is 5.25. The van der Waals surface area contributed by atoms with E-state index in [1.54, 1.807) is 23.6 Å². The van der Waals surface area contributed by atoms with Crippen molar-refractivity contribution < 1.29 is 13.2 Å². The first-order valence-electron chi connectivity index (χ1n) is 10.2. The molecular formula is C22H23ClN4O3S2.